The number of halogens is 2. The van der Waals surface area contributed by atoms with Crippen molar-refractivity contribution in [3.05, 3.63) is 86.2 Å². The summed E-state index contributed by atoms with van der Waals surface area (Å²) in [4.78, 5) is 39.3. The van der Waals surface area contributed by atoms with Crippen LogP contribution in [0.5, 0.6) is 0 Å². The Morgan fingerprint density at radius 1 is 0.971 bits per heavy atom. The molecule has 2 aromatic carbocycles. The van der Waals surface area contributed by atoms with Crippen LogP contribution in [0.3, 0.4) is 0 Å². The number of carbonyl (C=O) groups excluding carboxylic acids is 3. The molecule has 2 heterocycles. The number of benzene rings is 2. The number of anilines is 1. The van der Waals surface area contributed by atoms with Crippen LogP contribution >= 0.6 is 23.2 Å². The first-order valence-electron chi connectivity index (χ1n) is 10.8. The van der Waals surface area contributed by atoms with Crippen molar-refractivity contribution in [2.24, 2.45) is 0 Å². The highest BCUT2D eigenvalue weighted by Gasteiger charge is 2.37. The summed E-state index contributed by atoms with van der Waals surface area (Å²) < 4.78 is 2.13. The zero-order chi connectivity index (χ0) is 24.7. The molecule has 1 aliphatic heterocycles. The average Bonchev–Trinajstić information content (AvgIpc) is 3.06. The van der Waals surface area contributed by atoms with Crippen LogP contribution in [-0.4, -0.2) is 22.4 Å². The Balaban J connectivity index is 1.81. The van der Waals surface area contributed by atoms with Crippen molar-refractivity contribution in [2.75, 3.05) is 4.90 Å². The van der Waals surface area contributed by atoms with Gasteiger partial charge >= 0.3 is 6.03 Å². The van der Waals surface area contributed by atoms with E-state index in [1.165, 1.54) is 29.8 Å². The molecule has 0 radical (unpaired) electrons. The first-order chi connectivity index (χ1) is 16.1. The highest BCUT2D eigenvalue weighted by Crippen LogP contribution is 2.31. The zero-order valence-corrected chi connectivity index (χ0v) is 20.7. The normalized spacial score (nSPS) is 15.3. The Kier molecular flexibility index (Phi) is 6.39. The molecule has 4 rings (SSSR count). The summed E-state index contributed by atoms with van der Waals surface area (Å²) >= 11 is 12.0. The van der Waals surface area contributed by atoms with Gasteiger partial charge in [0.1, 0.15) is 5.57 Å². The van der Waals surface area contributed by atoms with E-state index in [0.29, 0.717) is 5.56 Å². The van der Waals surface area contributed by atoms with E-state index in [-0.39, 0.29) is 21.3 Å². The highest BCUT2D eigenvalue weighted by molar-refractivity contribution is 6.43. The third-order valence-corrected chi connectivity index (χ3v) is 6.70. The van der Waals surface area contributed by atoms with Gasteiger partial charge in [0.2, 0.25) is 0 Å². The maximum atomic E-state index is 13.3. The van der Waals surface area contributed by atoms with Crippen LogP contribution in [-0.2, 0) is 16.0 Å². The van der Waals surface area contributed by atoms with Crippen molar-refractivity contribution >= 4 is 52.8 Å². The molecule has 1 saturated heterocycles. The molecule has 174 valence electrons. The van der Waals surface area contributed by atoms with Gasteiger partial charge in [0.25, 0.3) is 11.8 Å². The summed E-state index contributed by atoms with van der Waals surface area (Å²) in [5.41, 5.74) is 6.05. The third-order valence-electron chi connectivity index (χ3n) is 5.96. The molecular weight excluding hydrogens is 473 g/mol. The third kappa shape index (κ3) is 4.04. The number of barbiturate groups is 1. The first kappa shape index (κ1) is 23.8. The zero-order valence-electron chi connectivity index (χ0n) is 19.2. The van der Waals surface area contributed by atoms with Gasteiger partial charge in [-0.15, -0.1) is 0 Å². The Bertz CT molecular complexity index is 1390. The molecule has 0 unspecified atom stereocenters. The van der Waals surface area contributed by atoms with Crippen molar-refractivity contribution in [2.45, 2.75) is 34.1 Å². The Labute approximate surface area is 207 Å². The lowest BCUT2D eigenvalue weighted by molar-refractivity contribution is -0.122. The Morgan fingerprint density at radius 3 is 2.38 bits per heavy atom. The van der Waals surface area contributed by atoms with Crippen LogP contribution in [0.15, 0.2) is 48.0 Å². The van der Waals surface area contributed by atoms with Gasteiger partial charge in [-0.1, -0.05) is 48.3 Å². The summed E-state index contributed by atoms with van der Waals surface area (Å²) in [6.07, 6.45) is 2.39. The molecule has 0 bridgehead atoms. The summed E-state index contributed by atoms with van der Waals surface area (Å²) in [5, 5.41) is 2.72. The second-order valence-corrected chi connectivity index (χ2v) is 8.97. The monoisotopic (exact) mass is 495 g/mol. The fourth-order valence-corrected chi connectivity index (χ4v) is 4.57. The van der Waals surface area contributed by atoms with E-state index in [9.17, 15) is 14.4 Å². The van der Waals surface area contributed by atoms with E-state index in [1.54, 1.807) is 0 Å². The lowest BCUT2D eigenvalue weighted by Crippen LogP contribution is -2.54. The van der Waals surface area contributed by atoms with Gasteiger partial charge in [0.15, 0.2) is 0 Å². The molecule has 34 heavy (non-hydrogen) atoms. The van der Waals surface area contributed by atoms with Gasteiger partial charge in [0, 0.05) is 11.4 Å². The van der Waals surface area contributed by atoms with Crippen molar-refractivity contribution in [3.63, 3.8) is 0 Å². The van der Waals surface area contributed by atoms with Gasteiger partial charge in [-0.3, -0.25) is 14.9 Å². The number of urea groups is 1. The quantitative estimate of drug-likeness (QED) is 0.359. The van der Waals surface area contributed by atoms with Crippen molar-refractivity contribution < 1.29 is 14.4 Å². The standard InChI is InChI=1S/C26H23Cl2N3O3/c1-5-17-8-6-7-14(2)23(17)30-15(3)11-18(16(30)4)12-20-24(32)29-26(34)31(25(20)33)19-9-10-21(27)22(28)13-19/h6-13H,5H2,1-4H3,(H,29,32,34)/b20-12+. The minimum Gasteiger partial charge on any atom is -0.317 e. The minimum absolute atomic E-state index is 0.147. The molecule has 0 spiro atoms. The van der Waals surface area contributed by atoms with Crippen LogP contribution < -0.4 is 10.2 Å². The number of nitrogens with zero attached hydrogens (tertiary/aromatic N) is 2. The maximum absolute atomic E-state index is 13.3. The lowest BCUT2D eigenvalue weighted by Gasteiger charge is -2.26. The van der Waals surface area contributed by atoms with E-state index < -0.39 is 17.8 Å². The van der Waals surface area contributed by atoms with Gasteiger partial charge in [-0.05, 0) is 74.2 Å². The van der Waals surface area contributed by atoms with Crippen molar-refractivity contribution in [3.8, 4) is 5.69 Å². The number of carbonyl (C=O) groups is 3. The Hall–Kier alpha value is -3.35. The van der Waals surface area contributed by atoms with E-state index in [2.05, 4.69) is 35.9 Å². The smallest absolute Gasteiger partial charge is 0.317 e. The maximum Gasteiger partial charge on any atom is 0.335 e. The number of aryl methyl sites for hydroxylation is 3. The number of hydrogen-bond donors (Lipinski definition) is 1. The van der Waals surface area contributed by atoms with E-state index in [4.69, 9.17) is 23.2 Å². The largest absolute Gasteiger partial charge is 0.335 e. The molecule has 1 aliphatic rings. The van der Waals surface area contributed by atoms with Crippen LogP contribution in [0.4, 0.5) is 10.5 Å². The molecule has 1 aromatic heterocycles. The summed E-state index contributed by atoms with van der Waals surface area (Å²) in [6.45, 7) is 8.09. The topological polar surface area (TPSA) is 71.4 Å². The SMILES string of the molecule is CCc1cccc(C)c1-n1c(C)cc(/C=C2\C(=O)NC(=O)N(c3ccc(Cl)c(Cl)c3)C2=O)c1C. The lowest BCUT2D eigenvalue weighted by atomic mass is 10.0. The number of amides is 4. The fourth-order valence-electron chi connectivity index (χ4n) is 4.27. The van der Waals surface area contributed by atoms with Crippen LogP contribution in [0.25, 0.3) is 11.8 Å². The molecule has 0 saturated carbocycles. The number of hydrogen-bond acceptors (Lipinski definition) is 3. The fraction of sp³-hybridized carbons (Fsp3) is 0.192. The molecule has 6 nitrogen and oxygen atoms in total. The van der Waals surface area contributed by atoms with Crippen molar-refractivity contribution in [1.82, 2.24) is 9.88 Å². The predicted molar refractivity (Wildman–Crippen MR) is 135 cm³/mol. The second kappa shape index (κ2) is 9.12. The van der Waals surface area contributed by atoms with Gasteiger partial charge in [-0.25, -0.2) is 9.69 Å². The molecule has 1 N–H and O–H groups in total. The highest BCUT2D eigenvalue weighted by atomic mass is 35.5. The number of aromatic nitrogens is 1. The molecule has 4 amide bonds. The number of imide groups is 2. The van der Waals surface area contributed by atoms with E-state index in [1.807, 2.05) is 26.0 Å². The van der Waals surface area contributed by atoms with E-state index >= 15 is 0 Å². The summed E-state index contributed by atoms with van der Waals surface area (Å²) in [7, 11) is 0. The van der Waals surface area contributed by atoms with Crippen LogP contribution in [0, 0.1) is 20.8 Å². The second-order valence-electron chi connectivity index (χ2n) is 8.15. The first-order valence-corrected chi connectivity index (χ1v) is 11.5. The molecule has 8 heteroatoms. The van der Waals surface area contributed by atoms with Crippen LogP contribution in [0.1, 0.15) is 35.0 Å². The Morgan fingerprint density at radius 2 is 1.71 bits per heavy atom. The minimum atomic E-state index is -0.844. The van der Waals surface area contributed by atoms with Gasteiger partial charge < -0.3 is 4.57 Å². The van der Waals surface area contributed by atoms with Gasteiger partial charge in [-0.2, -0.15) is 0 Å². The molecular formula is C26H23Cl2N3O3. The molecule has 0 aliphatic carbocycles. The average molecular weight is 496 g/mol. The number of rotatable bonds is 4. The van der Waals surface area contributed by atoms with Crippen LogP contribution in [0.2, 0.25) is 10.0 Å². The number of para-hydroxylation sites is 1. The summed E-state index contributed by atoms with van der Waals surface area (Å²) in [6, 6.07) is 11.7. The molecule has 0 atom stereocenters. The molecule has 3 aromatic rings. The van der Waals surface area contributed by atoms with E-state index in [0.717, 1.165) is 34.0 Å². The summed E-state index contributed by atoms with van der Waals surface area (Å²) in [5.74, 6) is -1.48. The predicted octanol–water partition coefficient (Wildman–Crippen LogP) is 5.94. The number of nitrogens with one attached hydrogen (secondary N) is 1. The van der Waals surface area contributed by atoms with Crippen molar-refractivity contribution in [1.29, 1.82) is 0 Å². The van der Waals surface area contributed by atoms with Gasteiger partial charge in [0.05, 0.1) is 21.4 Å². The molecule has 1 fully saturated rings.